The summed E-state index contributed by atoms with van der Waals surface area (Å²) < 4.78 is 5.93. The van der Waals surface area contributed by atoms with E-state index in [1.807, 2.05) is 6.08 Å². The minimum absolute atomic E-state index is 0.186. The zero-order valence-corrected chi connectivity index (χ0v) is 19.7. The predicted molar refractivity (Wildman–Crippen MR) is 128 cm³/mol. The summed E-state index contributed by atoms with van der Waals surface area (Å²) >= 11 is 0. The topological polar surface area (TPSA) is 46.5 Å². The number of unbranched alkanes of at least 4 members (excludes halogenated alkanes) is 5. The summed E-state index contributed by atoms with van der Waals surface area (Å²) in [5.74, 6) is -0.0495. The Morgan fingerprint density at radius 2 is 1.77 bits per heavy atom. The Kier molecular flexibility index (Phi) is 8.40. The zero-order chi connectivity index (χ0) is 22.3. The minimum atomic E-state index is -0.687. The lowest BCUT2D eigenvalue weighted by Crippen LogP contribution is -2.26. The van der Waals surface area contributed by atoms with Crippen LogP contribution in [-0.2, 0) is 11.2 Å². The first-order chi connectivity index (χ1) is 14.9. The number of allylic oxidation sites excluding steroid dienone is 3. The van der Waals surface area contributed by atoms with Crippen molar-refractivity contribution in [1.82, 2.24) is 0 Å². The molecule has 2 aliphatic carbocycles. The highest BCUT2D eigenvalue weighted by molar-refractivity contribution is 5.73. The summed E-state index contributed by atoms with van der Waals surface area (Å²) in [5.41, 5.74) is 5.70. The Hall–Kier alpha value is -2.03. The second-order valence-electron chi connectivity index (χ2n) is 10.2. The molecule has 1 N–H and O–H groups in total. The molecule has 31 heavy (non-hydrogen) atoms. The molecule has 0 spiro atoms. The smallest absolute Gasteiger partial charge is 0.310 e. The average molecular weight is 425 g/mol. The summed E-state index contributed by atoms with van der Waals surface area (Å²) in [6, 6.07) is 8.59. The average Bonchev–Trinajstić information content (AvgIpc) is 2.73. The standard InChI is InChI=1S/C28H40O3/c1-4-5-6-7-8-9-16-31-25-13-10-21(11-14-25)17-23-19-28(2,3)20-24-18-22(27(29)30)12-15-26(23)24/h10-11,13-14,18,22H,4-9,12,15-17,19-20H2,1-3H3,(H,29,30). The van der Waals surface area contributed by atoms with Crippen LogP contribution in [0.15, 0.2) is 47.1 Å². The third-order valence-electron chi connectivity index (χ3n) is 6.71. The van der Waals surface area contributed by atoms with Crippen LogP contribution in [0.1, 0.15) is 90.5 Å². The predicted octanol–water partition coefficient (Wildman–Crippen LogP) is 7.51. The van der Waals surface area contributed by atoms with Crippen LogP contribution >= 0.6 is 0 Å². The molecule has 3 rings (SSSR count). The number of carboxylic acid groups (broad SMARTS) is 1. The monoisotopic (exact) mass is 424 g/mol. The van der Waals surface area contributed by atoms with Crippen molar-refractivity contribution < 1.29 is 14.6 Å². The first-order valence-electron chi connectivity index (χ1n) is 12.2. The highest BCUT2D eigenvalue weighted by Gasteiger charge is 2.33. The number of hydrogen-bond acceptors (Lipinski definition) is 2. The molecule has 0 saturated heterocycles. The number of carbonyl (C=O) groups is 1. The second kappa shape index (κ2) is 11.0. The van der Waals surface area contributed by atoms with Crippen molar-refractivity contribution in [3.8, 4) is 5.75 Å². The lowest BCUT2D eigenvalue weighted by molar-refractivity contribution is -0.140. The van der Waals surface area contributed by atoms with E-state index < -0.39 is 5.97 Å². The van der Waals surface area contributed by atoms with Gasteiger partial charge in [0.05, 0.1) is 12.5 Å². The number of ether oxygens (including phenoxy) is 1. The number of benzene rings is 1. The number of fused-ring (bicyclic) bond motifs is 1. The van der Waals surface area contributed by atoms with Gasteiger partial charge in [0.2, 0.25) is 0 Å². The minimum Gasteiger partial charge on any atom is -0.494 e. The molecule has 170 valence electrons. The van der Waals surface area contributed by atoms with E-state index in [1.165, 1.54) is 54.4 Å². The van der Waals surface area contributed by atoms with E-state index in [0.717, 1.165) is 50.9 Å². The fraction of sp³-hybridized carbons (Fsp3) is 0.607. The Morgan fingerprint density at radius 3 is 2.48 bits per heavy atom. The van der Waals surface area contributed by atoms with Crippen molar-refractivity contribution in [2.75, 3.05) is 6.61 Å². The maximum Gasteiger partial charge on any atom is 0.310 e. The highest BCUT2D eigenvalue weighted by Crippen LogP contribution is 2.47. The van der Waals surface area contributed by atoms with Gasteiger partial charge in [-0.2, -0.15) is 0 Å². The molecule has 1 aromatic rings. The van der Waals surface area contributed by atoms with Gasteiger partial charge in [0.25, 0.3) is 0 Å². The third kappa shape index (κ3) is 6.98. The Morgan fingerprint density at radius 1 is 1.06 bits per heavy atom. The summed E-state index contributed by atoms with van der Waals surface area (Å²) in [6.45, 7) is 7.65. The highest BCUT2D eigenvalue weighted by atomic mass is 16.5. The molecular weight excluding hydrogens is 384 g/mol. The molecule has 0 amide bonds. The summed E-state index contributed by atoms with van der Waals surface area (Å²) in [7, 11) is 0. The van der Waals surface area contributed by atoms with Crippen molar-refractivity contribution in [1.29, 1.82) is 0 Å². The molecule has 1 atom stereocenters. The molecule has 3 heteroatoms. The lowest BCUT2D eigenvalue weighted by atomic mass is 9.67. The molecule has 0 saturated carbocycles. The van der Waals surface area contributed by atoms with E-state index in [9.17, 15) is 9.90 Å². The van der Waals surface area contributed by atoms with Crippen molar-refractivity contribution in [3.63, 3.8) is 0 Å². The summed E-state index contributed by atoms with van der Waals surface area (Å²) in [4.78, 5) is 11.5. The molecule has 0 aliphatic heterocycles. The van der Waals surface area contributed by atoms with Gasteiger partial charge in [-0.05, 0) is 72.8 Å². The molecule has 0 bridgehead atoms. The van der Waals surface area contributed by atoms with Gasteiger partial charge in [0.15, 0.2) is 0 Å². The first-order valence-corrected chi connectivity index (χ1v) is 12.2. The van der Waals surface area contributed by atoms with E-state index in [2.05, 4.69) is 45.0 Å². The van der Waals surface area contributed by atoms with Crippen molar-refractivity contribution in [2.45, 2.75) is 91.4 Å². The molecule has 0 aromatic heterocycles. The van der Waals surface area contributed by atoms with Crippen LogP contribution in [0.5, 0.6) is 5.75 Å². The van der Waals surface area contributed by atoms with Gasteiger partial charge in [0.1, 0.15) is 5.75 Å². The van der Waals surface area contributed by atoms with Gasteiger partial charge < -0.3 is 9.84 Å². The third-order valence-corrected chi connectivity index (χ3v) is 6.71. The number of rotatable bonds is 11. The van der Waals surface area contributed by atoms with Crippen molar-refractivity contribution in [2.24, 2.45) is 11.3 Å². The van der Waals surface area contributed by atoms with Gasteiger partial charge in [0, 0.05) is 0 Å². The van der Waals surface area contributed by atoms with Crippen LogP contribution in [-0.4, -0.2) is 17.7 Å². The van der Waals surface area contributed by atoms with Crippen molar-refractivity contribution >= 4 is 5.97 Å². The fourth-order valence-corrected chi connectivity index (χ4v) is 5.11. The van der Waals surface area contributed by atoms with Gasteiger partial charge in [-0.25, -0.2) is 0 Å². The van der Waals surface area contributed by atoms with E-state index in [1.54, 1.807) is 0 Å². The normalized spacial score (nSPS) is 20.2. The second-order valence-corrected chi connectivity index (χ2v) is 10.2. The van der Waals surface area contributed by atoms with Gasteiger partial charge >= 0.3 is 5.97 Å². The fourth-order valence-electron chi connectivity index (χ4n) is 5.11. The molecule has 0 fully saturated rings. The first kappa shape index (κ1) is 23.6. The molecule has 0 radical (unpaired) electrons. The van der Waals surface area contributed by atoms with Crippen LogP contribution in [0.25, 0.3) is 0 Å². The van der Waals surface area contributed by atoms with Crippen molar-refractivity contribution in [3.05, 3.63) is 52.6 Å². The van der Waals surface area contributed by atoms with E-state index in [-0.39, 0.29) is 11.3 Å². The Labute approximate surface area is 188 Å². The molecule has 1 unspecified atom stereocenters. The van der Waals surface area contributed by atoms with Gasteiger partial charge in [-0.15, -0.1) is 0 Å². The van der Waals surface area contributed by atoms with Crippen LogP contribution < -0.4 is 4.74 Å². The lowest BCUT2D eigenvalue weighted by Gasteiger charge is -2.38. The van der Waals surface area contributed by atoms with Crippen LogP contribution in [0.3, 0.4) is 0 Å². The maximum absolute atomic E-state index is 11.5. The zero-order valence-electron chi connectivity index (χ0n) is 19.7. The van der Waals surface area contributed by atoms with E-state index >= 15 is 0 Å². The van der Waals surface area contributed by atoms with Gasteiger partial charge in [-0.1, -0.05) is 76.7 Å². The summed E-state index contributed by atoms with van der Waals surface area (Å²) in [5, 5.41) is 9.44. The van der Waals surface area contributed by atoms with Crippen LogP contribution in [0.4, 0.5) is 0 Å². The number of hydrogen-bond donors (Lipinski definition) is 1. The quantitative estimate of drug-likeness (QED) is 0.374. The number of carboxylic acids is 1. The SMILES string of the molecule is CCCCCCCCOc1ccc(CC2=C3CCC(C(=O)O)C=C3CC(C)(C)C2)cc1. The Balaban J connectivity index is 1.58. The molecule has 1 aromatic carbocycles. The molecule has 2 aliphatic rings. The summed E-state index contributed by atoms with van der Waals surface area (Å²) in [6.07, 6.45) is 14.3. The van der Waals surface area contributed by atoms with Gasteiger partial charge in [-0.3, -0.25) is 4.79 Å². The van der Waals surface area contributed by atoms with Crippen LogP contribution in [0.2, 0.25) is 0 Å². The molecular formula is C28H40O3. The number of aliphatic carboxylic acids is 1. The largest absolute Gasteiger partial charge is 0.494 e. The maximum atomic E-state index is 11.5. The molecule has 3 nitrogen and oxygen atoms in total. The van der Waals surface area contributed by atoms with Crippen LogP contribution in [0, 0.1) is 11.3 Å². The van der Waals surface area contributed by atoms with E-state index in [0.29, 0.717) is 0 Å². The van der Waals surface area contributed by atoms with E-state index in [4.69, 9.17) is 4.74 Å². The Bertz CT molecular complexity index is 798. The molecule has 0 heterocycles.